The normalized spacial score (nSPS) is 11.5. The SMILES string of the molecule is C#C.C/C=C(\C=C(/C)c1ccccc1)c1nc(CC)nc(-c2ccccc2)n1. The molecule has 0 aliphatic carbocycles. The van der Waals surface area contributed by atoms with Gasteiger partial charge in [-0.3, -0.25) is 0 Å². The van der Waals surface area contributed by atoms with Crippen LogP contribution in [0.4, 0.5) is 0 Å². The average Bonchev–Trinajstić information content (AvgIpc) is 2.79. The molecule has 0 N–H and O–H groups in total. The highest BCUT2D eigenvalue weighted by Gasteiger charge is 2.10. The summed E-state index contributed by atoms with van der Waals surface area (Å²) in [6.07, 6.45) is 13.0. The molecular formula is C25H25N3. The number of aryl methyl sites for hydroxylation is 1. The predicted molar refractivity (Wildman–Crippen MR) is 118 cm³/mol. The second-order valence-electron chi connectivity index (χ2n) is 6.06. The van der Waals surface area contributed by atoms with Crippen LogP contribution in [0.25, 0.3) is 22.5 Å². The minimum atomic E-state index is 0.716. The van der Waals surface area contributed by atoms with Crippen molar-refractivity contribution in [1.29, 1.82) is 0 Å². The number of hydrogen-bond acceptors (Lipinski definition) is 3. The number of rotatable bonds is 5. The molecule has 0 atom stereocenters. The van der Waals surface area contributed by atoms with Crippen LogP contribution in [0.15, 0.2) is 72.8 Å². The third-order valence-electron chi connectivity index (χ3n) is 4.20. The van der Waals surface area contributed by atoms with Crippen LogP contribution >= 0.6 is 0 Å². The lowest BCUT2D eigenvalue weighted by Gasteiger charge is -2.08. The minimum Gasteiger partial charge on any atom is -0.213 e. The summed E-state index contributed by atoms with van der Waals surface area (Å²) in [6, 6.07) is 20.4. The van der Waals surface area contributed by atoms with Crippen LogP contribution < -0.4 is 0 Å². The van der Waals surface area contributed by atoms with E-state index in [2.05, 4.69) is 60.9 Å². The second kappa shape index (κ2) is 10.6. The molecule has 3 rings (SSSR count). The fourth-order valence-electron chi connectivity index (χ4n) is 2.72. The Morgan fingerprint density at radius 3 is 2.07 bits per heavy atom. The first-order chi connectivity index (χ1) is 13.7. The van der Waals surface area contributed by atoms with Gasteiger partial charge in [0.15, 0.2) is 11.6 Å². The Hall–Kier alpha value is -3.51. The summed E-state index contributed by atoms with van der Waals surface area (Å²) < 4.78 is 0. The molecule has 0 amide bonds. The highest BCUT2D eigenvalue weighted by Crippen LogP contribution is 2.22. The summed E-state index contributed by atoms with van der Waals surface area (Å²) in [6.45, 7) is 6.19. The molecule has 0 bridgehead atoms. The quantitative estimate of drug-likeness (QED) is 0.419. The molecule has 0 aliphatic heterocycles. The van der Waals surface area contributed by atoms with Gasteiger partial charge in [0.05, 0.1) is 0 Å². The fourth-order valence-corrected chi connectivity index (χ4v) is 2.72. The highest BCUT2D eigenvalue weighted by molar-refractivity contribution is 5.81. The van der Waals surface area contributed by atoms with E-state index in [4.69, 9.17) is 4.98 Å². The number of aromatic nitrogens is 3. The molecule has 3 aromatic rings. The summed E-state index contributed by atoms with van der Waals surface area (Å²) in [4.78, 5) is 14.0. The van der Waals surface area contributed by atoms with Gasteiger partial charge in [0.25, 0.3) is 0 Å². The number of nitrogens with zero attached hydrogens (tertiary/aromatic N) is 3. The lowest BCUT2D eigenvalue weighted by Crippen LogP contribution is -2.04. The van der Waals surface area contributed by atoms with Gasteiger partial charge in [-0.15, -0.1) is 12.8 Å². The molecule has 0 saturated carbocycles. The van der Waals surface area contributed by atoms with Gasteiger partial charge in [0, 0.05) is 17.6 Å². The smallest absolute Gasteiger partial charge is 0.163 e. The van der Waals surface area contributed by atoms with Crippen LogP contribution in [-0.4, -0.2) is 15.0 Å². The van der Waals surface area contributed by atoms with E-state index < -0.39 is 0 Å². The van der Waals surface area contributed by atoms with Crippen LogP contribution in [0, 0.1) is 12.8 Å². The molecule has 0 fully saturated rings. The second-order valence-corrected chi connectivity index (χ2v) is 6.06. The van der Waals surface area contributed by atoms with E-state index in [9.17, 15) is 0 Å². The van der Waals surface area contributed by atoms with Crippen molar-refractivity contribution < 1.29 is 0 Å². The number of terminal acetylenes is 1. The van der Waals surface area contributed by atoms with E-state index in [1.807, 2.05) is 55.5 Å². The van der Waals surface area contributed by atoms with Crippen LogP contribution in [0.1, 0.15) is 38.0 Å². The molecule has 28 heavy (non-hydrogen) atoms. The van der Waals surface area contributed by atoms with Crippen LogP contribution in [-0.2, 0) is 6.42 Å². The van der Waals surface area contributed by atoms with E-state index >= 15 is 0 Å². The van der Waals surface area contributed by atoms with Crippen molar-refractivity contribution in [3.63, 3.8) is 0 Å². The molecule has 1 aromatic heterocycles. The third-order valence-corrected chi connectivity index (χ3v) is 4.20. The van der Waals surface area contributed by atoms with Gasteiger partial charge in [0.1, 0.15) is 5.82 Å². The van der Waals surface area contributed by atoms with Crippen molar-refractivity contribution in [1.82, 2.24) is 15.0 Å². The molecule has 0 unspecified atom stereocenters. The molecule has 2 aromatic carbocycles. The molecule has 0 aliphatic rings. The van der Waals surface area contributed by atoms with E-state index in [-0.39, 0.29) is 0 Å². The van der Waals surface area contributed by atoms with Gasteiger partial charge in [0.2, 0.25) is 0 Å². The molecule has 140 valence electrons. The summed E-state index contributed by atoms with van der Waals surface area (Å²) >= 11 is 0. The standard InChI is InChI=1S/C23H23N3.C2H2/c1-4-18(16-17(3)19-12-8-6-9-13-19)22-24-21(5-2)25-23(26-22)20-14-10-7-11-15-20;1-2/h4,6-16H,5H2,1-3H3;1-2H/b17-16+,18-4+;. The topological polar surface area (TPSA) is 38.7 Å². The summed E-state index contributed by atoms with van der Waals surface area (Å²) in [5.41, 5.74) is 4.38. The Bertz CT molecular complexity index is 968. The van der Waals surface area contributed by atoms with E-state index in [0.717, 1.165) is 29.2 Å². The van der Waals surface area contributed by atoms with Crippen LogP contribution in [0.2, 0.25) is 0 Å². The van der Waals surface area contributed by atoms with Gasteiger partial charge in [-0.1, -0.05) is 73.7 Å². The van der Waals surface area contributed by atoms with Crippen LogP contribution in [0.5, 0.6) is 0 Å². The molecule has 0 spiro atoms. The Morgan fingerprint density at radius 1 is 0.893 bits per heavy atom. The first kappa shape index (κ1) is 20.8. The lowest BCUT2D eigenvalue weighted by atomic mass is 10.0. The van der Waals surface area contributed by atoms with E-state index in [0.29, 0.717) is 5.82 Å². The number of allylic oxidation sites excluding steroid dienone is 4. The Kier molecular flexibility index (Phi) is 7.87. The zero-order chi connectivity index (χ0) is 20.4. The maximum absolute atomic E-state index is 4.73. The Morgan fingerprint density at radius 2 is 1.50 bits per heavy atom. The van der Waals surface area contributed by atoms with Crippen molar-refractivity contribution in [2.75, 3.05) is 0 Å². The fraction of sp³-hybridized carbons (Fsp3) is 0.160. The van der Waals surface area contributed by atoms with Crippen molar-refractivity contribution in [3.05, 3.63) is 90.0 Å². The maximum atomic E-state index is 4.73. The van der Waals surface area contributed by atoms with Gasteiger partial charge in [-0.05, 0) is 31.1 Å². The Labute approximate surface area is 167 Å². The van der Waals surface area contributed by atoms with Gasteiger partial charge >= 0.3 is 0 Å². The van der Waals surface area contributed by atoms with Gasteiger partial charge in [-0.2, -0.15) is 0 Å². The third kappa shape index (κ3) is 5.25. The zero-order valence-corrected chi connectivity index (χ0v) is 16.6. The largest absolute Gasteiger partial charge is 0.213 e. The molecule has 3 heteroatoms. The van der Waals surface area contributed by atoms with Crippen LogP contribution in [0.3, 0.4) is 0 Å². The van der Waals surface area contributed by atoms with Crippen molar-refractivity contribution >= 4 is 11.1 Å². The first-order valence-electron chi connectivity index (χ1n) is 9.25. The van der Waals surface area contributed by atoms with Crippen molar-refractivity contribution in [3.8, 4) is 24.2 Å². The molecule has 0 saturated heterocycles. The zero-order valence-electron chi connectivity index (χ0n) is 16.6. The van der Waals surface area contributed by atoms with Gasteiger partial charge < -0.3 is 0 Å². The molecule has 3 nitrogen and oxygen atoms in total. The average molecular weight is 367 g/mol. The minimum absolute atomic E-state index is 0.716. The number of benzene rings is 2. The molecule has 0 radical (unpaired) electrons. The lowest BCUT2D eigenvalue weighted by molar-refractivity contribution is 0.891. The molecular weight excluding hydrogens is 342 g/mol. The van der Waals surface area contributed by atoms with Crippen molar-refractivity contribution in [2.24, 2.45) is 0 Å². The summed E-state index contributed by atoms with van der Waals surface area (Å²) in [7, 11) is 0. The van der Waals surface area contributed by atoms with Crippen molar-refractivity contribution in [2.45, 2.75) is 27.2 Å². The number of hydrogen-bond donors (Lipinski definition) is 0. The van der Waals surface area contributed by atoms with Gasteiger partial charge in [-0.25, -0.2) is 15.0 Å². The van der Waals surface area contributed by atoms with E-state index in [1.165, 1.54) is 11.1 Å². The monoisotopic (exact) mass is 367 g/mol. The first-order valence-corrected chi connectivity index (χ1v) is 9.25. The molecule has 1 heterocycles. The summed E-state index contributed by atoms with van der Waals surface area (Å²) in [5.74, 6) is 2.24. The summed E-state index contributed by atoms with van der Waals surface area (Å²) in [5, 5.41) is 0. The predicted octanol–water partition coefficient (Wildman–Crippen LogP) is 5.86. The Balaban J connectivity index is 0.00000136. The highest BCUT2D eigenvalue weighted by atomic mass is 15.0. The van der Waals surface area contributed by atoms with E-state index in [1.54, 1.807) is 0 Å². The maximum Gasteiger partial charge on any atom is 0.163 e.